The SMILES string of the molecule is Cc1nc(-c2ccncc2)nc(NC2CCOC(c3ccccc3)C2)c1C. The first-order chi connectivity index (χ1) is 13.2. The molecule has 138 valence electrons. The standard InChI is InChI=1S/C22H24N4O/c1-15-16(2)24-22(18-8-11-23-12-9-18)26-21(15)25-19-10-13-27-20(14-19)17-6-4-3-5-7-17/h3-9,11-12,19-20H,10,13-14H2,1-2H3,(H,24,25,26). The summed E-state index contributed by atoms with van der Waals surface area (Å²) in [5.41, 5.74) is 4.30. The van der Waals surface area contributed by atoms with Crippen molar-refractivity contribution < 1.29 is 4.74 Å². The molecule has 2 unspecified atom stereocenters. The third kappa shape index (κ3) is 3.98. The molecule has 0 aliphatic carbocycles. The van der Waals surface area contributed by atoms with Crippen LogP contribution in [0.25, 0.3) is 11.4 Å². The second-order valence-electron chi connectivity index (χ2n) is 6.98. The van der Waals surface area contributed by atoms with E-state index in [9.17, 15) is 0 Å². The van der Waals surface area contributed by atoms with Crippen LogP contribution < -0.4 is 5.32 Å². The van der Waals surface area contributed by atoms with Crippen LogP contribution in [0.3, 0.4) is 0 Å². The highest BCUT2D eigenvalue weighted by atomic mass is 16.5. The molecule has 0 radical (unpaired) electrons. The Hall–Kier alpha value is -2.79. The van der Waals surface area contributed by atoms with E-state index < -0.39 is 0 Å². The molecule has 1 aliphatic heterocycles. The van der Waals surface area contributed by atoms with E-state index in [1.807, 2.05) is 25.1 Å². The van der Waals surface area contributed by atoms with Crippen LogP contribution in [0.15, 0.2) is 54.9 Å². The molecule has 4 rings (SSSR count). The van der Waals surface area contributed by atoms with E-state index in [4.69, 9.17) is 9.72 Å². The predicted octanol–water partition coefficient (Wildman–Crippen LogP) is 4.49. The Morgan fingerprint density at radius 2 is 1.78 bits per heavy atom. The maximum Gasteiger partial charge on any atom is 0.161 e. The van der Waals surface area contributed by atoms with Crippen molar-refractivity contribution in [3.05, 3.63) is 71.7 Å². The van der Waals surface area contributed by atoms with Gasteiger partial charge in [0.1, 0.15) is 5.82 Å². The molecule has 3 aromatic rings. The number of rotatable bonds is 4. The highest BCUT2D eigenvalue weighted by Crippen LogP contribution is 2.30. The van der Waals surface area contributed by atoms with Crippen molar-refractivity contribution in [3.8, 4) is 11.4 Å². The average molecular weight is 360 g/mol. The molecule has 1 aromatic carbocycles. The fourth-order valence-corrected chi connectivity index (χ4v) is 3.42. The Morgan fingerprint density at radius 3 is 2.56 bits per heavy atom. The topological polar surface area (TPSA) is 59.9 Å². The molecule has 2 aromatic heterocycles. The van der Waals surface area contributed by atoms with Gasteiger partial charge in [-0.05, 0) is 44.4 Å². The van der Waals surface area contributed by atoms with Crippen LogP contribution in [0, 0.1) is 13.8 Å². The third-order valence-electron chi connectivity index (χ3n) is 5.12. The Balaban J connectivity index is 1.56. The lowest BCUT2D eigenvalue weighted by molar-refractivity contribution is 0.00973. The number of anilines is 1. The highest BCUT2D eigenvalue weighted by molar-refractivity contribution is 5.59. The minimum Gasteiger partial charge on any atom is -0.373 e. The summed E-state index contributed by atoms with van der Waals surface area (Å²) in [5, 5.41) is 3.65. The van der Waals surface area contributed by atoms with Crippen molar-refractivity contribution in [2.45, 2.75) is 38.8 Å². The van der Waals surface area contributed by atoms with Gasteiger partial charge in [-0.15, -0.1) is 0 Å². The second kappa shape index (κ2) is 7.84. The van der Waals surface area contributed by atoms with E-state index in [0.717, 1.165) is 47.9 Å². The fraction of sp³-hybridized carbons (Fsp3) is 0.318. The summed E-state index contributed by atoms with van der Waals surface area (Å²) in [6.07, 6.45) is 5.56. The van der Waals surface area contributed by atoms with E-state index in [1.54, 1.807) is 12.4 Å². The summed E-state index contributed by atoms with van der Waals surface area (Å²) >= 11 is 0. The molecule has 1 aliphatic rings. The van der Waals surface area contributed by atoms with Crippen LogP contribution >= 0.6 is 0 Å². The zero-order valence-corrected chi connectivity index (χ0v) is 15.7. The molecule has 1 fully saturated rings. The Labute approximate surface area is 159 Å². The molecular weight excluding hydrogens is 336 g/mol. The number of nitrogens with one attached hydrogen (secondary N) is 1. The first kappa shape index (κ1) is 17.6. The smallest absolute Gasteiger partial charge is 0.161 e. The van der Waals surface area contributed by atoms with Gasteiger partial charge >= 0.3 is 0 Å². The largest absolute Gasteiger partial charge is 0.373 e. The first-order valence-corrected chi connectivity index (χ1v) is 9.39. The lowest BCUT2D eigenvalue weighted by Crippen LogP contribution is -2.31. The number of aryl methyl sites for hydroxylation is 1. The second-order valence-corrected chi connectivity index (χ2v) is 6.98. The van der Waals surface area contributed by atoms with Crippen LogP contribution in [-0.2, 0) is 4.74 Å². The molecule has 5 nitrogen and oxygen atoms in total. The predicted molar refractivity (Wildman–Crippen MR) is 107 cm³/mol. The van der Waals surface area contributed by atoms with Crippen molar-refractivity contribution in [1.82, 2.24) is 15.0 Å². The molecule has 0 bridgehead atoms. The Bertz CT molecular complexity index is 899. The lowest BCUT2D eigenvalue weighted by atomic mass is 9.97. The Kier molecular flexibility index (Phi) is 5.12. The summed E-state index contributed by atoms with van der Waals surface area (Å²) in [6, 6.07) is 14.6. The number of hydrogen-bond donors (Lipinski definition) is 1. The molecule has 3 heterocycles. The van der Waals surface area contributed by atoms with Gasteiger partial charge in [-0.2, -0.15) is 0 Å². The van der Waals surface area contributed by atoms with Gasteiger partial charge in [0.05, 0.1) is 6.10 Å². The maximum absolute atomic E-state index is 6.00. The van der Waals surface area contributed by atoms with Crippen LogP contribution in [0.4, 0.5) is 5.82 Å². The van der Waals surface area contributed by atoms with Crippen molar-refractivity contribution in [1.29, 1.82) is 0 Å². The number of aromatic nitrogens is 3. The van der Waals surface area contributed by atoms with Crippen LogP contribution in [0.2, 0.25) is 0 Å². The monoisotopic (exact) mass is 360 g/mol. The number of pyridine rings is 1. The van der Waals surface area contributed by atoms with E-state index in [2.05, 4.69) is 46.5 Å². The zero-order valence-electron chi connectivity index (χ0n) is 15.7. The maximum atomic E-state index is 6.00. The lowest BCUT2D eigenvalue weighted by Gasteiger charge is -2.31. The summed E-state index contributed by atoms with van der Waals surface area (Å²) in [5.74, 6) is 1.64. The minimum atomic E-state index is 0.125. The molecule has 0 spiro atoms. The quantitative estimate of drug-likeness (QED) is 0.743. The van der Waals surface area contributed by atoms with Crippen LogP contribution in [0.5, 0.6) is 0 Å². The summed E-state index contributed by atoms with van der Waals surface area (Å²) < 4.78 is 6.00. The number of nitrogens with zero attached hydrogens (tertiary/aromatic N) is 3. The van der Waals surface area contributed by atoms with Gasteiger partial charge in [0.2, 0.25) is 0 Å². The van der Waals surface area contributed by atoms with Gasteiger partial charge in [0, 0.05) is 41.9 Å². The molecule has 2 atom stereocenters. The zero-order chi connectivity index (χ0) is 18.6. The summed E-state index contributed by atoms with van der Waals surface area (Å²) in [6.45, 7) is 4.85. The molecule has 0 amide bonds. The van der Waals surface area contributed by atoms with E-state index in [-0.39, 0.29) is 6.10 Å². The summed E-state index contributed by atoms with van der Waals surface area (Å²) in [4.78, 5) is 13.5. The van der Waals surface area contributed by atoms with Gasteiger partial charge in [0.15, 0.2) is 5.82 Å². The van der Waals surface area contributed by atoms with Crippen LogP contribution in [0.1, 0.15) is 35.8 Å². The molecular formula is C22H24N4O. The average Bonchev–Trinajstić information content (AvgIpc) is 2.73. The molecule has 1 N–H and O–H groups in total. The van der Waals surface area contributed by atoms with Crippen LogP contribution in [-0.4, -0.2) is 27.6 Å². The minimum absolute atomic E-state index is 0.125. The fourth-order valence-electron chi connectivity index (χ4n) is 3.42. The number of benzene rings is 1. The normalized spacial score (nSPS) is 19.6. The van der Waals surface area contributed by atoms with E-state index in [1.165, 1.54) is 5.56 Å². The molecule has 0 saturated carbocycles. The number of hydrogen-bond acceptors (Lipinski definition) is 5. The van der Waals surface area contributed by atoms with Gasteiger partial charge in [0.25, 0.3) is 0 Å². The van der Waals surface area contributed by atoms with Gasteiger partial charge < -0.3 is 10.1 Å². The Morgan fingerprint density at radius 1 is 1.00 bits per heavy atom. The highest BCUT2D eigenvalue weighted by Gasteiger charge is 2.25. The van der Waals surface area contributed by atoms with Gasteiger partial charge in [-0.3, -0.25) is 4.98 Å². The van der Waals surface area contributed by atoms with Gasteiger partial charge in [-0.25, -0.2) is 9.97 Å². The molecule has 1 saturated heterocycles. The van der Waals surface area contributed by atoms with Crippen molar-refractivity contribution in [2.24, 2.45) is 0 Å². The number of ether oxygens (including phenoxy) is 1. The molecule has 5 heteroatoms. The van der Waals surface area contributed by atoms with Crippen molar-refractivity contribution in [3.63, 3.8) is 0 Å². The molecule has 27 heavy (non-hydrogen) atoms. The van der Waals surface area contributed by atoms with E-state index >= 15 is 0 Å². The third-order valence-corrected chi connectivity index (χ3v) is 5.12. The van der Waals surface area contributed by atoms with Crippen molar-refractivity contribution in [2.75, 3.05) is 11.9 Å². The first-order valence-electron chi connectivity index (χ1n) is 9.39. The van der Waals surface area contributed by atoms with Gasteiger partial charge in [-0.1, -0.05) is 30.3 Å². The van der Waals surface area contributed by atoms with Crippen molar-refractivity contribution >= 4 is 5.82 Å². The van der Waals surface area contributed by atoms with E-state index in [0.29, 0.717) is 6.04 Å². The summed E-state index contributed by atoms with van der Waals surface area (Å²) in [7, 11) is 0.